The summed E-state index contributed by atoms with van der Waals surface area (Å²) in [7, 11) is 0. The van der Waals surface area contributed by atoms with Crippen LogP contribution in [0.5, 0.6) is 0 Å². The van der Waals surface area contributed by atoms with Crippen molar-refractivity contribution >= 4 is 21.8 Å². The van der Waals surface area contributed by atoms with Crippen molar-refractivity contribution in [2.45, 2.75) is 46.5 Å². The molecule has 5 rings (SSSR count). The third kappa shape index (κ3) is 4.05. The molecule has 162 valence electrons. The van der Waals surface area contributed by atoms with Crippen LogP contribution in [-0.4, -0.2) is 9.97 Å². The van der Waals surface area contributed by atoms with E-state index in [2.05, 4.69) is 96.6 Å². The molecule has 2 heteroatoms. The SMILES string of the molecule is CC.CCC(CC)c1ccc(-c2ccc3[nH]c4ccccc4c3c2)cc1-c1ccccn1. The highest BCUT2D eigenvalue weighted by atomic mass is 14.7. The third-order valence-corrected chi connectivity index (χ3v) is 6.26. The lowest BCUT2D eigenvalue weighted by Crippen LogP contribution is -2.00. The molecule has 0 bridgehead atoms. The maximum atomic E-state index is 4.67. The normalized spacial score (nSPS) is 11.0. The van der Waals surface area contributed by atoms with E-state index in [0.29, 0.717) is 5.92 Å². The lowest BCUT2D eigenvalue weighted by atomic mass is 9.86. The van der Waals surface area contributed by atoms with Gasteiger partial charge in [0.25, 0.3) is 0 Å². The van der Waals surface area contributed by atoms with Gasteiger partial charge in [0.1, 0.15) is 0 Å². The van der Waals surface area contributed by atoms with Crippen molar-refractivity contribution < 1.29 is 0 Å². The van der Waals surface area contributed by atoms with Gasteiger partial charge in [-0.15, -0.1) is 0 Å². The van der Waals surface area contributed by atoms with Gasteiger partial charge >= 0.3 is 0 Å². The molecule has 0 saturated carbocycles. The standard InChI is InChI=1S/C28H26N2.C2H6/c1-3-19(4-2)22-14-12-20(17-24(22)26-10-7-8-16-29-26)21-13-15-28-25(18-21)23-9-5-6-11-27(23)30-28;1-2/h5-19,30H,3-4H2,1-2H3;1-2H3. The van der Waals surface area contributed by atoms with E-state index in [-0.39, 0.29) is 0 Å². The first-order valence-corrected chi connectivity index (χ1v) is 11.8. The predicted octanol–water partition coefficient (Wildman–Crippen LogP) is 8.98. The first-order valence-electron chi connectivity index (χ1n) is 11.8. The zero-order valence-electron chi connectivity index (χ0n) is 19.5. The van der Waals surface area contributed by atoms with Crippen LogP contribution in [0.1, 0.15) is 52.0 Å². The number of H-pyrrole nitrogens is 1. The fraction of sp³-hybridized carbons (Fsp3) is 0.233. The summed E-state index contributed by atoms with van der Waals surface area (Å²) in [5.41, 5.74) is 8.53. The zero-order chi connectivity index (χ0) is 22.5. The maximum absolute atomic E-state index is 4.67. The molecular weight excluding hydrogens is 388 g/mol. The monoisotopic (exact) mass is 420 g/mol. The molecule has 0 aliphatic heterocycles. The Morgan fingerprint density at radius 3 is 2.16 bits per heavy atom. The molecule has 0 radical (unpaired) electrons. The Labute approximate surface area is 191 Å². The van der Waals surface area contributed by atoms with E-state index in [9.17, 15) is 0 Å². The van der Waals surface area contributed by atoms with Crippen LogP contribution in [-0.2, 0) is 0 Å². The number of pyridine rings is 1. The van der Waals surface area contributed by atoms with Gasteiger partial charge in [-0.25, -0.2) is 0 Å². The summed E-state index contributed by atoms with van der Waals surface area (Å²) in [6.45, 7) is 8.55. The number of para-hydroxylation sites is 1. The van der Waals surface area contributed by atoms with E-state index in [0.717, 1.165) is 18.5 Å². The molecule has 0 spiro atoms. The topological polar surface area (TPSA) is 28.7 Å². The van der Waals surface area contributed by atoms with Gasteiger partial charge in [-0.1, -0.05) is 70.2 Å². The predicted molar refractivity (Wildman–Crippen MR) is 139 cm³/mol. The first kappa shape index (κ1) is 21.8. The second kappa shape index (κ2) is 9.82. The van der Waals surface area contributed by atoms with Crippen LogP contribution < -0.4 is 0 Å². The Morgan fingerprint density at radius 1 is 0.719 bits per heavy atom. The Kier molecular flexibility index (Phi) is 6.70. The summed E-state index contributed by atoms with van der Waals surface area (Å²) in [6, 6.07) is 28.3. The van der Waals surface area contributed by atoms with Crippen LogP contribution in [0.15, 0.2) is 85.1 Å². The van der Waals surface area contributed by atoms with Crippen molar-refractivity contribution in [1.29, 1.82) is 0 Å². The molecule has 0 amide bonds. The number of fused-ring (bicyclic) bond motifs is 3. The van der Waals surface area contributed by atoms with Crippen LogP contribution in [0, 0.1) is 0 Å². The third-order valence-electron chi connectivity index (χ3n) is 6.26. The molecule has 3 aromatic carbocycles. The van der Waals surface area contributed by atoms with Crippen molar-refractivity contribution in [3.8, 4) is 22.4 Å². The summed E-state index contributed by atoms with van der Waals surface area (Å²) in [4.78, 5) is 8.20. The largest absolute Gasteiger partial charge is 0.355 e. The molecule has 0 fully saturated rings. The average Bonchev–Trinajstić information content (AvgIpc) is 3.25. The van der Waals surface area contributed by atoms with Gasteiger partial charge in [0.2, 0.25) is 0 Å². The molecular formula is C30H32N2. The molecule has 0 saturated heterocycles. The van der Waals surface area contributed by atoms with E-state index >= 15 is 0 Å². The summed E-state index contributed by atoms with van der Waals surface area (Å²) in [5, 5.41) is 2.54. The summed E-state index contributed by atoms with van der Waals surface area (Å²) < 4.78 is 0. The minimum absolute atomic E-state index is 0.548. The van der Waals surface area contributed by atoms with Crippen molar-refractivity contribution in [2.75, 3.05) is 0 Å². The Hall–Kier alpha value is -3.39. The minimum atomic E-state index is 0.548. The molecule has 0 aliphatic carbocycles. The highest BCUT2D eigenvalue weighted by molar-refractivity contribution is 6.08. The van der Waals surface area contributed by atoms with Crippen LogP contribution in [0.2, 0.25) is 0 Å². The van der Waals surface area contributed by atoms with Crippen LogP contribution in [0.4, 0.5) is 0 Å². The average molecular weight is 421 g/mol. The summed E-state index contributed by atoms with van der Waals surface area (Å²) in [6.07, 6.45) is 4.16. The number of hydrogen-bond acceptors (Lipinski definition) is 1. The number of nitrogens with one attached hydrogen (secondary N) is 1. The van der Waals surface area contributed by atoms with Crippen molar-refractivity contribution in [1.82, 2.24) is 9.97 Å². The Bertz CT molecular complexity index is 1310. The number of hydrogen-bond donors (Lipinski definition) is 1. The zero-order valence-corrected chi connectivity index (χ0v) is 19.5. The van der Waals surface area contributed by atoms with Crippen LogP contribution in [0.3, 0.4) is 0 Å². The van der Waals surface area contributed by atoms with Crippen molar-refractivity contribution in [3.63, 3.8) is 0 Å². The smallest absolute Gasteiger partial charge is 0.0705 e. The van der Waals surface area contributed by atoms with Gasteiger partial charge in [0.05, 0.1) is 5.69 Å². The van der Waals surface area contributed by atoms with Crippen LogP contribution in [0.25, 0.3) is 44.2 Å². The molecule has 2 aromatic heterocycles. The minimum Gasteiger partial charge on any atom is -0.355 e. The number of rotatable bonds is 5. The molecule has 0 aliphatic rings. The lowest BCUT2D eigenvalue weighted by molar-refractivity contribution is 0.643. The summed E-state index contributed by atoms with van der Waals surface area (Å²) >= 11 is 0. The van der Waals surface area contributed by atoms with Gasteiger partial charge in [-0.05, 0) is 71.8 Å². The molecule has 0 atom stereocenters. The van der Waals surface area contributed by atoms with Crippen molar-refractivity contribution in [2.24, 2.45) is 0 Å². The van der Waals surface area contributed by atoms with E-state index < -0.39 is 0 Å². The lowest BCUT2D eigenvalue weighted by Gasteiger charge is -2.19. The highest BCUT2D eigenvalue weighted by Crippen LogP contribution is 2.36. The number of aromatic nitrogens is 2. The Morgan fingerprint density at radius 2 is 1.41 bits per heavy atom. The van der Waals surface area contributed by atoms with Gasteiger partial charge in [0.15, 0.2) is 0 Å². The molecule has 5 aromatic rings. The summed E-state index contributed by atoms with van der Waals surface area (Å²) in [5.74, 6) is 0.548. The van der Waals surface area contributed by atoms with E-state index in [1.54, 1.807) is 0 Å². The van der Waals surface area contributed by atoms with E-state index in [4.69, 9.17) is 0 Å². The Balaban J connectivity index is 0.00000119. The second-order valence-electron chi connectivity index (χ2n) is 7.96. The molecule has 32 heavy (non-hydrogen) atoms. The van der Waals surface area contributed by atoms with Gasteiger partial charge < -0.3 is 4.98 Å². The molecule has 0 unspecified atom stereocenters. The van der Waals surface area contributed by atoms with Crippen molar-refractivity contribution in [3.05, 3.63) is 90.6 Å². The molecule has 1 N–H and O–H groups in total. The van der Waals surface area contributed by atoms with E-state index in [1.807, 2.05) is 26.1 Å². The highest BCUT2D eigenvalue weighted by Gasteiger charge is 2.16. The fourth-order valence-electron chi connectivity index (χ4n) is 4.59. The quantitative estimate of drug-likeness (QED) is 0.302. The van der Waals surface area contributed by atoms with Gasteiger partial charge in [-0.3, -0.25) is 4.98 Å². The van der Waals surface area contributed by atoms with Gasteiger partial charge in [0, 0.05) is 33.6 Å². The van der Waals surface area contributed by atoms with E-state index in [1.165, 1.54) is 44.1 Å². The van der Waals surface area contributed by atoms with Gasteiger partial charge in [-0.2, -0.15) is 0 Å². The number of nitrogens with zero attached hydrogens (tertiary/aromatic N) is 1. The first-order chi connectivity index (χ1) is 15.8. The number of aromatic amines is 1. The fourth-order valence-corrected chi connectivity index (χ4v) is 4.59. The maximum Gasteiger partial charge on any atom is 0.0705 e. The molecule has 2 heterocycles. The molecule has 2 nitrogen and oxygen atoms in total. The second-order valence-corrected chi connectivity index (χ2v) is 7.96. The van der Waals surface area contributed by atoms with Crippen LogP contribution >= 0.6 is 0 Å². The number of benzene rings is 3.